The highest BCUT2D eigenvalue weighted by Gasteiger charge is 2.24. The minimum Gasteiger partial charge on any atom is -0.352 e. The van der Waals surface area contributed by atoms with Gasteiger partial charge in [-0.15, -0.1) is 0 Å². The molecule has 0 bridgehead atoms. The molecular formula is C23H32N4O2. The largest absolute Gasteiger partial charge is 0.352 e. The van der Waals surface area contributed by atoms with Crippen LogP contribution < -0.4 is 10.9 Å². The number of rotatable bonds is 6. The van der Waals surface area contributed by atoms with E-state index in [2.05, 4.69) is 15.2 Å². The first-order valence-electron chi connectivity index (χ1n) is 11.1. The Kier molecular flexibility index (Phi) is 6.60. The number of hydrogen-bond donors (Lipinski definition) is 1. The van der Waals surface area contributed by atoms with Gasteiger partial charge in [-0.2, -0.15) is 0 Å². The molecule has 2 fully saturated rings. The van der Waals surface area contributed by atoms with Crippen LogP contribution in [0.5, 0.6) is 0 Å². The van der Waals surface area contributed by atoms with Crippen molar-refractivity contribution in [2.75, 3.05) is 19.6 Å². The van der Waals surface area contributed by atoms with Gasteiger partial charge in [-0.25, -0.2) is 4.98 Å². The number of carbonyl (C=O) groups is 1. The molecule has 2 aliphatic rings. The summed E-state index contributed by atoms with van der Waals surface area (Å²) in [5.74, 6) is 0.861. The van der Waals surface area contributed by atoms with Crippen LogP contribution >= 0.6 is 0 Å². The van der Waals surface area contributed by atoms with E-state index in [1.807, 2.05) is 18.2 Å². The van der Waals surface area contributed by atoms with Crippen molar-refractivity contribution in [1.29, 1.82) is 0 Å². The third kappa shape index (κ3) is 5.24. The molecule has 6 nitrogen and oxygen atoms in total. The lowest BCUT2D eigenvalue weighted by atomic mass is 9.88. The lowest BCUT2D eigenvalue weighted by molar-refractivity contribution is -0.122. The number of likely N-dealkylation sites (tertiary alicyclic amines) is 1. The van der Waals surface area contributed by atoms with Gasteiger partial charge in [0.05, 0.1) is 17.2 Å². The first-order chi connectivity index (χ1) is 14.2. The molecule has 1 unspecified atom stereocenters. The van der Waals surface area contributed by atoms with E-state index in [9.17, 15) is 9.59 Å². The first kappa shape index (κ1) is 20.1. The molecule has 29 heavy (non-hydrogen) atoms. The fraction of sp³-hybridized carbons (Fsp3) is 0.609. The normalized spacial score (nSPS) is 21.3. The lowest BCUT2D eigenvalue weighted by Gasteiger charge is -2.36. The molecule has 156 valence electrons. The molecule has 1 aliphatic heterocycles. The Hall–Kier alpha value is -2.21. The van der Waals surface area contributed by atoms with E-state index in [0.29, 0.717) is 23.9 Å². The zero-order valence-corrected chi connectivity index (χ0v) is 17.2. The maximum Gasteiger partial charge on any atom is 0.261 e. The first-order valence-corrected chi connectivity index (χ1v) is 11.1. The highest BCUT2D eigenvalue weighted by molar-refractivity contribution is 5.77. The average molecular weight is 397 g/mol. The zero-order valence-electron chi connectivity index (χ0n) is 17.2. The van der Waals surface area contributed by atoms with Gasteiger partial charge in [0.15, 0.2) is 0 Å². The number of aromatic nitrogens is 2. The van der Waals surface area contributed by atoms with E-state index in [0.717, 1.165) is 31.8 Å². The van der Waals surface area contributed by atoms with E-state index in [4.69, 9.17) is 0 Å². The smallest absolute Gasteiger partial charge is 0.261 e. The van der Waals surface area contributed by atoms with E-state index in [1.165, 1.54) is 43.2 Å². The summed E-state index contributed by atoms with van der Waals surface area (Å²) in [7, 11) is 0. The monoisotopic (exact) mass is 396 g/mol. The van der Waals surface area contributed by atoms with Crippen molar-refractivity contribution in [3.63, 3.8) is 0 Å². The number of amides is 1. The Labute approximate surface area is 172 Å². The molecule has 0 radical (unpaired) electrons. The van der Waals surface area contributed by atoms with Crippen LogP contribution in [0.3, 0.4) is 0 Å². The summed E-state index contributed by atoms with van der Waals surface area (Å²) in [6.07, 6.45) is 10.9. The highest BCUT2D eigenvalue weighted by atomic mass is 16.2. The van der Waals surface area contributed by atoms with Crippen molar-refractivity contribution in [1.82, 2.24) is 19.8 Å². The van der Waals surface area contributed by atoms with Crippen molar-refractivity contribution < 1.29 is 4.79 Å². The second kappa shape index (κ2) is 9.53. The molecular weight excluding hydrogens is 364 g/mol. The second-order valence-corrected chi connectivity index (χ2v) is 8.68. The predicted molar refractivity (Wildman–Crippen MR) is 115 cm³/mol. The minimum absolute atomic E-state index is 0.0228. The summed E-state index contributed by atoms with van der Waals surface area (Å²) in [6, 6.07) is 7.55. The quantitative estimate of drug-likeness (QED) is 0.815. The van der Waals surface area contributed by atoms with Gasteiger partial charge < -0.3 is 10.2 Å². The Bertz CT molecular complexity index is 888. The van der Waals surface area contributed by atoms with Gasteiger partial charge in [0.1, 0.15) is 0 Å². The molecule has 1 saturated heterocycles. The van der Waals surface area contributed by atoms with Gasteiger partial charge in [-0.1, -0.05) is 31.4 Å². The molecule has 1 atom stereocenters. The number of fused-ring (bicyclic) bond motifs is 1. The number of aryl methyl sites for hydroxylation is 1. The number of piperidine rings is 1. The molecule has 0 spiro atoms. The standard InChI is InChI=1S/C23H32N4O2/c28-22(12-14-27-17-24-21-11-5-4-10-20(21)23(27)29)25-19-9-6-13-26(16-19)15-18-7-2-1-3-8-18/h4-5,10-11,17-19H,1-3,6-9,12-16H2,(H,25,28). The summed E-state index contributed by atoms with van der Waals surface area (Å²) in [5.41, 5.74) is 0.609. The maximum absolute atomic E-state index is 12.5. The van der Waals surface area contributed by atoms with Crippen LogP contribution in [0.1, 0.15) is 51.4 Å². The summed E-state index contributed by atoms with van der Waals surface area (Å²) < 4.78 is 1.54. The van der Waals surface area contributed by atoms with E-state index >= 15 is 0 Å². The summed E-state index contributed by atoms with van der Waals surface area (Å²) >= 11 is 0. The predicted octanol–water partition coefficient (Wildman–Crippen LogP) is 2.95. The molecule has 2 aromatic rings. The van der Waals surface area contributed by atoms with Gasteiger partial charge >= 0.3 is 0 Å². The molecule has 1 aliphatic carbocycles. The highest BCUT2D eigenvalue weighted by Crippen LogP contribution is 2.25. The van der Waals surface area contributed by atoms with Crippen molar-refractivity contribution in [3.05, 3.63) is 40.9 Å². The number of nitrogens with zero attached hydrogens (tertiary/aromatic N) is 3. The minimum atomic E-state index is -0.0836. The van der Waals surface area contributed by atoms with E-state index < -0.39 is 0 Å². The molecule has 1 amide bonds. The average Bonchev–Trinajstić information content (AvgIpc) is 2.74. The van der Waals surface area contributed by atoms with Crippen molar-refractivity contribution in [2.24, 2.45) is 5.92 Å². The van der Waals surface area contributed by atoms with Gasteiger partial charge in [0.2, 0.25) is 5.91 Å². The Balaban J connectivity index is 1.27. The maximum atomic E-state index is 12.5. The summed E-state index contributed by atoms with van der Waals surface area (Å²) in [6.45, 7) is 3.66. The SMILES string of the molecule is O=C(CCn1cnc2ccccc2c1=O)NC1CCCN(CC2CCCCC2)C1. The lowest BCUT2D eigenvalue weighted by Crippen LogP contribution is -2.49. The van der Waals surface area contributed by atoms with Crippen molar-refractivity contribution >= 4 is 16.8 Å². The zero-order chi connectivity index (χ0) is 20.1. The summed E-state index contributed by atoms with van der Waals surface area (Å²) in [4.78, 5) is 31.9. The molecule has 6 heteroatoms. The number of hydrogen-bond acceptors (Lipinski definition) is 4. The number of nitrogens with one attached hydrogen (secondary N) is 1. The Morgan fingerprint density at radius 2 is 1.93 bits per heavy atom. The third-order valence-corrected chi connectivity index (χ3v) is 6.42. The Morgan fingerprint density at radius 3 is 2.79 bits per heavy atom. The number of carbonyl (C=O) groups excluding carboxylic acids is 1. The van der Waals surface area contributed by atoms with Crippen LogP contribution in [0, 0.1) is 5.92 Å². The number of para-hydroxylation sites is 1. The van der Waals surface area contributed by atoms with Gasteiger partial charge in [0.25, 0.3) is 5.56 Å². The van der Waals surface area contributed by atoms with Crippen LogP contribution in [0.2, 0.25) is 0 Å². The van der Waals surface area contributed by atoms with E-state index in [-0.39, 0.29) is 17.5 Å². The third-order valence-electron chi connectivity index (χ3n) is 6.42. The molecule has 1 aromatic carbocycles. The van der Waals surface area contributed by atoms with Gasteiger partial charge in [0, 0.05) is 32.1 Å². The summed E-state index contributed by atoms with van der Waals surface area (Å²) in [5, 5.41) is 3.79. The Morgan fingerprint density at radius 1 is 1.10 bits per heavy atom. The fourth-order valence-electron chi connectivity index (χ4n) is 4.86. The van der Waals surface area contributed by atoms with Gasteiger partial charge in [-0.05, 0) is 50.3 Å². The molecule has 1 aromatic heterocycles. The fourth-order valence-corrected chi connectivity index (χ4v) is 4.86. The van der Waals surface area contributed by atoms with Crippen molar-refractivity contribution in [2.45, 2.75) is 64.0 Å². The van der Waals surface area contributed by atoms with Crippen LogP contribution in [-0.2, 0) is 11.3 Å². The molecule has 1 saturated carbocycles. The van der Waals surface area contributed by atoms with Crippen molar-refractivity contribution in [3.8, 4) is 0 Å². The van der Waals surface area contributed by atoms with Crippen LogP contribution in [0.25, 0.3) is 10.9 Å². The topological polar surface area (TPSA) is 67.2 Å². The van der Waals surface area contributed by atoms with Crippen LogP contribution in [0.15, 0.2) is 35.4 Å². The van der Waals surface area contributed by atoms with E-state index in [1.54, 1.807) is 12.4 Å². The molecule has 4 rings (SSSR count). The molecule has 1 N–H and O–H groups in total. The molecule has 2 heterocycles. The second-order valence-electron chi connectivity index (χ2n) is 8.68. The number of benzene rings is 1. The van der Waals surface area contributed by atoms with Gasteiger partial charge in [-0.3, -0.25) is 14.2 Å². The van der Waals surface area contributed by atoms with Crippen LogP contribution in [0.4, 0.5) is 0 Å². The van der Waals surface area contributed by atoms with Crippen LogP contribution in [-0.4, -0.2) is 46.0 Å².